The van der Waals surface area contributed by atoms with Crippen LogP contribution in [-0.2, 0) is 13.0 Å². The number of nitrogens with zero attached hydrogens (tertiary/aromatic N) is 3. The molecule has 0 aliphatic carbocycles. The number of imidazole rings is 1. The van der Waals surface area contributed by atoms with Crippen LogP contribution in [0.2, 0.25) is 5.02 Å². The standard InChI is InChI=1S/C27H21ClN4OS/c28-20-5-4-8-22(16-20)32-24-10-9-18(26(33)31-13-11-25-19(17-31)12-14-34-25)15-23(24)30-27(32)29-21-6-2-1-3-7-21/h1-10,12,14-16H,11,13,17H2,(H,29,30). The molecule has 2 aromatic heterocycles. The van der Waals surface area contributed by atoms with E-state index in [1.54, 1.807) is 11.3 Å². The van der Waals surface area contributed by atoms with Gasteiger partial charge in [0.05, 0.1) is 16.7 Å². The van der Waals surface area contributed by atoms with Gasteiger partial charge in [-0.3, -0.25) is 9.36 Å². The van der Waals surface area contributed by atoms with Crippen molar-refractivity contribution in [2.24, 2.45) is 0 Å². The highest BCUT2D eigenvalue weighted by molar-refractivity contribution is 7.10. The summed E-state index contributed by atoms with van der Waals surface area (Å²) in [6.07, 6.45) is 0.912. The van der Waals surface area contributed by atoms with Crippen molar-refractivity contribution in [2.45, 2.75) is 13.0 Å². The molecule has 0 saturated heterocycles. The van der Waals surface area contributed by atoms with Crippen molar-refractivity contribution in [3.63, 3.8) is 0 Å². The Kier molecular flexibility index (Phi) is 5.32. The van der Waals surface area contributed by atoms with Gasteiger partial charge >= 0.3 is 0 Å². The van der Waals surface area contributed by atoms with E-state index in [2.05, 4.69) is 16.8 Å². The van der Waals surface area contributed by atoms with Crippen LogP contribution < -0.4 is 5.32 Å². The molecule has 1 aliphatic rings. The molecule has 3 heterocycles. The van der Waals surface area contributed by atoms with E-state index in [1.165, 1.54) is 10.4 Å². The number of anilines is 2. The first-order chi connectivity index (χ1) is 16.7. The van der Waals surface area contributed by atoms with Crippen LogP contribution in [0.5, 0.6) is 0 Å². The van der Waals surface area contributed by atoms with Gasteiger partial charge in [0.1, 0.15) is 0 Å². The molecule has 5 aromatic rings. The number of halogens is 1. The minimum Gasteiger partial charge on any atom is -0.334 e. The van der Waals surface area contributed by atoms with Crippen molar-refractivity contribution in [3.05, 3.63) is 105 Å². The fraction of sp³-hybridized carbons (Fsp3) is 0.111. The number of hydrogen-bond acceptors (Lipinski definition) is 4. The van der Waals surface area contributed by atoms with Gasteiger partial charge in [0, 0.05) is 34.2 Å². The largest absolute Gasteiger partial charge is 0.334 e. The number of thiophene rings is 1. The molecule has 6 rings (SSSR count). The first kappa shape index (κ1) is 21.0. The Morgan fingerprint density at radius 3 is 2.74 bits per heavy atom. The number of amides is 1. The third-order valence-electron chi connectivity index (χ3n) is 6.09. The minimum atomic E-state index is 0.0358. The number of carbonyl (C=O) groups excluding carboxylic acids is 1. The second-order valence-electron chi connectivity index (χ2n) is 8.29. The molecule has 3 aromatic carbocycles. The fourth-order valence-corrected chi connectivity index (χ4v) is 5.50. The Hall–Kier alpha value is -3.61. The summed E-state index contributed by atoms with van der Waals surface area (Å²) in [5.74, 6) is 0.697. The van der Waals surface area contributed by atoms with E-state index in [9.17, 15) is 4.79 Å². The molecule has 0 saturated carbocycles. The molecule has 168 valence electrons. The molecule has 7 heteroatoms. The predicted octanol–water partition coefficient (Wildman–Crippen LogP) is 6.68. The maximum Gasteiger partial charge on any atom is 0.254 e. The molecule has 1 aliphatic heterocycles. The number of carbonyl (C=O) groups is 1. The third kappa shape index (κ3) is 3.85. The average molecular weight is 485 g/mol. The zero-order valence-electron chi connectivity index (χ0n) is 18.2. The summed E-state index contributed by atoms with van der Waals surface area (Å²) in [6.45, 7) is 1.40. The molecule has 1 amide bonds. The van der Waals surface area contributed by atoms with Gasteiger partial charge < -0.3 is 10.2 Å². The minimum absolute atomic E-state index is 0.0358. The molecular weight excluding hydrogens is 464 g/mol. The van der Waals surface area contributed by atoms with Gasteiger partial charge in [-0.05, 0) is 72.0 Å². The number of fused-ring (bicyclic) bond motifs is 2. The monoisotopic (exact) mass is 484 g/mol. The van der Waals surface area contributed by atoms with Crippen molar-refractivity contribution in [1.29, 1.82) is 0 Å². The lowest BCUT2D eigenvalue weighted by molar-refractivity contribution is 0.0736. The van der Waals surface area contributed by atoms with Crippen LogP contribution >= 0.6 is 22.9 Å². The molecule has 0 unspecified atom stereocenters. The Labute approximate surface area is 206 Å². The normalized spacial score (nSPS) is 13.1. The molecule has 0 bridgehead atoms. The highest BCUT2D eigenvalue weighted by atomic mass is 35.5. The quantitative estimate of drug-likeness (QED) is 0.309. The van der Waals surface area contributed by atoms with Crippen LogP contribution in [0, 0.1) is 0 Å². The second kappa shape index (κ2) is 8.63. The van der Waals surface area contributed by atoms with Crippen molar-refractivity contribution < 1.29 is 4.79 Å². The summed E-state index contributed by atoms with van der Waals surface area (Å²) in [7, 11) is 0. The summed E-state index contributed by atoms with van der Waals surface area (Å²) >= 11 is 8.08. The van der Waals surface area contributed by atoms with Gasteiger partial charge in [0.15, 0.2) is 0 Å². The van der Waals surface area contributed by atoms with Crippen LogP contribution in [0.3, 0.4) is 0 Å². The molecule has 0 spiro atoms. The molecule has 0 atom stereocenters. The van der Waals surface area contributed by atoms with E-state index < -0.39 is 0 Å². The highest BCUT2D eigenvalue weighted by Gasteiger charge is 2.23. The molecule has 0 radical (unpaired) electrons. The van der Waals surface area contributed by atoms with Crippen LogP contribution in [-0.4, -0.2) is 26.9 Å². The lowest BCUT2D eigenvalue weighted by Crippen LogP contribution is -2.35. The maximum atomic E-state index is 13.3. The average Bonchev–Trinajstić information content (AvgIpc) is 3.47. The van der Waals surface area contributed by atoms with Gasteiger partial charge in [-0.2, -0.15) is 0 Å². The fourth-order valence-electron chi connectivity index (χ4n) is 4.43. The topological polar surface area (TPSA) is 50.2 Å². The van der Waals surface area contributed by atoms with Crippen molar-refractivity contribution in [1.82, 2.24) is 14.5 Å². The van der Waals surface area contributed by atoms with E-state index in [1.807, 2.05) is 82.3 Å². The summed E-state index contributed by atoms with van der Waals surface area (Å²) in [5.41, 5.74) is 5.37. The van der Waals surface area contributed by atoms with Gasteiger partial charge in [0.25, 0.3) is 5.91 Å². The maximum absolute atomic E-state index is 13.3. The Balaban J connectivity index is 1.40. The van der Waals surface area contributed by atoms with Crippen molar-refractivity contribution in [3.8, 4) is 5.69 Å². The summed E-state index contributed by atoms with van der Waals surface area (Å²) < 4.78 is 2.03. The van der Waals surface area contributed by atoms with Crippen LogP contribution in [0.25, 0.3) is 16.7 Å². The van der Waals surface area contributed by atoms with Gasteiger partial charge in [0.2, 0.25) is 5.95 Å². The Bertz CT molecular complexity index is 1510. The first-order valence-electron chi connectivity index (χ1n) is 11.1. The lowest BCUT2D eigenvalue weighted by Gasteiger charge is -2.27. The molecule has 1 N–H and O–H groups in total. The van der Waals surface area contributed by atoms with Crippen LogP contribution in [0.4, 0.5) is 11.6 Å². The molecule has 0 fully saturated rings. The number of para-hydroxylation sites is 1. The van der Waals surface area contributed by atoms with Crippen molar-refractivity contribution in [2.75, 3.05) is 11.9 Å². The smallest absolute Gasteiger partial charge is 0.254 e. The van der Waals surface area contributed by atoms with Gasteiger partial charge in [-0.1, -0.05) is 35.9 Å². The van der Waals surface area contributed by atoms with Crippen LogP contribution in [0.1, 0.15) is 20.8 Å². The van der Waals surface area contributed by atoms with E-state index in [-0.39, 0.29) is 5.91 Å². The number of nitrogens with one attached hydrogen (secondary N) is 1. The van der Waals surface area contributed by atoms with E-state index >= 15 is 0 Å². The molecule has 5 nitrogen and oxygen atoms in total. The summed E-state index contributed by atoms with van der Waals surface area (Å²) in [4.78, 5) is 21.5. The first-order valence-corrected chi connectivity index (χ1v) is 12.4. The summed E-state index contributed by atoms with van der Waals surface area (Å²) in [5, 5.41) is 6.17. The third-order valence-corrected chi connectivity index (χ3v) is 7.35. The lowest BCUT2D eigenvalue weighted by atomic mass is 10.1. The molecule has 34 heavy (non-hydrogen) atoms. The Morgan fingerprint density at radius 2 is 1.88 bits per heavy atom. The SMILES string of the molecule is O=C(c1ccc2c(c1)nc(Nc1ccccc1)n2-c1cccc(Cl)c1)N1CCc2sccc2C1. The second-order valence-corrected chi connectivity index (χ2v) is 9.73. The van der Waals surface area contributed by atoms with E-state index in [4.69, 9.17) is 16.6 Å². The van der Waals surface area contributed by atoms with E-state index in [0.29, 0.717) is 23.1 Å². The van der Waals surface area contributed by atoms with Crippen LogP contribution in [0.15, 0.2) is 84.2 Å². The van der Waals surface area contributed by atoms with E-state index in [0.717, 1.165) is 35.4 Å². The number of hydrogen-bond donors (Lipinski definition) is 1. The van der Waals surface area contributed by atoms with Gasteiger partial charge in [-0.15, -0.1) is 11.3 Å². The highest BCUT2D eigenvalue weighted by Crippen LogP contribution is 2.30. The predicted molar refractivity (Wildman–Crippen MR) is 139 cm³/mol. The number of rotatable bonds is 4. The van der Waals surface area contributed by atoms with Crippen molar-refractivity contribution >= 4 is 51.5 Å². The van der Waals surface area contributed by atoms with Gasteiger partial charge in [-0.25, -0.2) is 4.98 Å². The zero-order chi connectivity index (χ0) is 23.1. The summed E-state index contributed by atoms with van der Waals surface area (Å²) in [6, 6.07) is 25.4. The molecular formula is C27H21ClN4OS. The zero-order valence-corrected chi connectivity index (χ0v) is 19.8. The number of benzene rings is 3. The Morgan fingerprint density at radius 1 is 1.00 bits per heavy atom. The number of aromatic nitrogens is 2.